The van der Waals surface area contributed by atoms with Crippen LogP contribution in [0.25, 0.3) is 0 Å². The number of likely N-dealkylation sites (tertiary alicyclic amines) is 1. The summed E-state index contributed by atoms with van der Waals surface area (Å²) in [5.41, 5.74) is 0. The quantitative estimate of drug-likeness (QED) is 0.832. The Bertz CT molecular complexity index is 629. The number of nitrogens with zero attached hydrogens (tertiary/aromatic N) is 2. The second-order valence-corrected chi connectivity index (χ2v) is 6.03. The fourth-order valence-corrected chi connectivity index (χ4v) is 2.94. The first-order valence-corrected chi connectivity index (χ1v) is 8.12. The molecule has 1 aliphatic heterocycles. The average Bonchev–Trinajstić information content (AvgIpc) is 3.00. The van der Waals surface area contributed by atoms with Crippen molar-refractivity contribution in [1.82, 2.24) is 9.88 Å². The maximum absolute atomic E-state index is 12.6. The third kappa shape index (κ3) is 3.50. The van der Waals surface area contributed by atoms with E-state index in [2.05, 4.69) is 20.9 Å². The molecule has 0 aromatic carbocycles. The molecule has 1 atom stereocenters. The van der Waals surface area contributed by atoms with Crippen molar-refractivity contribution in [3.05, 3.63) is 47.1 Å². The molecule has 3 rings (SSSR count). The number of carbonyl (C=O) groups excluding carboxylic acids is 1. The Morgan fingerprint density at radius 3 is 3.05 bits per heavy atom. The Morgan fingerprint density at radius 1 is 1.41 bits per heavy atom. The summed E-state index contributed by atoms with van der Waals surface area (Å²) in [7, 11) is 0. The lowest BCUT2D eigenvalue weighted by Crippen LogP contribution is -2.46. The first-order chi connectivity index (χ1) is 10.7. The molecule has 3 heterocycles. The minimum atomic E-state index is -0.0785. The third-order valence-corrected chi connectivity index (χ3v) is 4.17. The number of piperidine rings is 1. The van der Waals surface area contributed by atoms with Crippen LogP contribution in [0.2, 0.25) is 0 Å². The highest BCUT2D eigenvalue weighted by Gasteiger charge is 2.29. The Labute approximate surface area is 137 Å². The smallest absolute Gasteiger partial charge is 0.289 e. The van der Waals surface area contributed by atoms with Gasteiger partial charge >= 0.3 is 0 Å². The largest absolute Gasteiger partial charge is 0.490 e. The van der Waals surface area contributed by atoms with Gasteiger partial charge in [0.1, 0.15) is 12.4 Å². The maximum Gasteiger partial charge on any atom is 0.289 e. The summed E-state index contributed by atoms with van der Waals surface area (Å²) >= 11 is 3.23. The van der Waals surface area contributed by atoms with Crippen LogP contribution >= 0.6 is 15.9 Å². The molecule has 1 saturated heterocycles. The number of pyridine rings is 1. The van der Waals surface area contributed by atoms with E-state index in [9.17, 15) is 4.79 Å². The summed E-state index contributed by atoms with van der Waals surface area (Å²) in [5.74, 6) is 1.01. The lowest BCUT2D eigenvalue weighted by Gasteiger charge is -2.34. The lowest BCUT2D eigenvalue weighted by molar-refractivity contribution is 0.0496. The summed E-state index contributed by atoms with van der Waals surface area (Å²) < 4.78 is 11.7. The van der Waals surface area contributed by atoms with Gasteiger partial charge in [0.05, 0.1) is 12.2 Å². The van der Waals surface area contributed by atoms with Crippen LogP contribution in [0.3, 0.4) is 0 Å². The second-order valence-electron chi connectivity index (χ2n) is 5.25. The first kappa shape index (κ1) is 15.1. The van der Waals surface area contributed by atoms with Gasteiger partial charge in [-0.05, 0) is 59.5 Å². The van der Waals surface area contributed by atoms with E-state index in [-0.39, 0.29) is 11.9 Å². The van der Waals surface area contributed by atoms with Gasteiger partial charge in [-0.15, -0.1) is 0 Å². The van der Waals surface area contributed by atoms with Gasteiger partial charge in [-0.2, -0.15) is 0 Å². The number of ether oxygens (including phenoxy) is 1. The standard InChI is InChI=1S/C16H17BrN2O3/c17-15-7-6-14(22-15)16(20)19-9-2-1-4-12(19)11-21-13-5-3-8-18-10-13/h3,5-8,10,12H,1-2,4,9,11H2. The minimum Gasteiger partial charge on any atom is -0.490 e. The van der Waals surface area contributed by atoms with Crippen LogP contribution in [0, 0.1) is 0 Å². The van der Waals surface area contributed by atoms with E-state index < -0.39 is 0 Å². The zero-order chi connectivity index (χ0) is 15.4. The molecule has 1 fully saturated rings. The summed E-state index contributed by atoms with van der Waals surface area (Å²) in [6.45, 7) is 1.21. The average molecular weight is 365 g/mol. The van der Waals surface area contributed by atoms with E-state index in [4.69, 9.17) is 9.15 Å². The highest BCUT2D eigenvalue weighted by Crippen LogP contribution is 2.23. The molecule has 5 nitrogen and oxygen atoms in total. The first-order valence-electron chi connectivity index (χ1n) is 7.33. The molecular weight excluding hydrogens is 348 g/mol. The van der Waals surface area contributed by atoms with Crippen LogP contribution in [-0.2, 0) is 0 Å². The molecule has 0 saturated carbocycles. The van der Waals surface area contributed by atoms with Crippen LogP contribution in [0.1, 0.15) is 29.8 Å². The van der Waals surface area contributed by atoms with Crippen LogP contribution in [0.5, 0.6) is 5.75 Å². The molecule has 0 bridgehead atoms. The van der Waals surface area contributed by atoms with Crippen LogP contribution < -0.4 is 4.74 Å². The normalized spacial score (nSPS) is 18.2. The van der Waals surface area contributed by atoms with Crippen molar-refractivity contribution >= 4 is 21.8 Å². The van der Waals surface area contributed by atoms with Gasteiger partial charge in [-0.3, -0.25) is 9.78 Å². The number of rotatable bonds is 4. The van der Waals surface area contributed by atoms with Crippen molar-refractivity contribution in [2.75, 3.05) is 13.2 Å². The number of amides is 1. The molecular formula is C16H17BrN2O3. The monoisotopic (exact) mass is 364 g/mol. The Balaban J connectivity index is 1.67. The summed E-state index contributed by atoms with van der Waals surface area (Å²) in [6.07, 6.45) is 6.44. The second kappa shape index (κ2) is 6.96. The van der Waals surface area contributed by atoms with E-state index >= 15 is 0 Å². The Hall–Kier alpha value is -1.82. The number of halogens is 1. The maximum atomic E-state index is 12.6. The molecule has 22 heavy (non-hydrogen) atoms. The van der Waals surface area contributed by atoms with Gasteiger partial charge in [0.2, 0.25) is 0 Å². The van der Waals surface area contributed by atoms with Crippen molar-refractivity contribution in [3.63, 3.8) is 0 Å². The van der Waals surface area contributed by atoms with Crippen molar-refractivity contribution in [2.45, 2.75) is 25.3 Å². The molecule has 6 heteroatoms. The fourth-order valence-electron chi connectivity index (χ4n) is 2.64. The van der Waals surface area contributed by atoms with E-state index in [1.165, 1.54) is 0 Å². The molecule has 1 amide bonds. The topological polar surface area (TPSA) is 55.6 Å². The molecule has 0 aliphatic carbocycles. The predicted octanol–water partition coefficient (Wildman–Crippen LogP) is 3.51. The third-order valence-electron chi connectivity index (χ3n) is 3.75. The molecule has 116 valence electrons. The summed E-state index contributed by atoms with van der Waals surface area (Å²) in [4.78, 5) is 18.5. The molecule has 0 N–H and O–H groups in total. The van der Waals surface area contributed by atoms with Crippen molar-refractivity contribution in [1.29, 1.82) is 0 Å². The minimum absolute atomic E-state index is 0.0605. The van der Waals surface area contributed by atoms with Gasteiger partial charge in [-0.25, -0.2) is 0 Å². The molecule has 1 aliphatic rings. The molecule has 2 aromatic heterocycles. The van der Waals surface area contributed by atoms with Crippen molar-refractivity contribution < 1.29 is 13.9 Å². The van der Waals surface area contributed by atoms with Crippen LogP contribution in [0.15, 0.2) is 45.7 Å². The van der Waals surface area contributed by atoms with Gasteiger partial charge in [0, 0.05) is 12.7 Å². The number of carbonyl (C=O) groups is 1. The Morgan fingerprint density at radius 2 is 2.32 bits per heavy atom. The van der Waals surface area contributed by atoms with Crippen LogP contribution in [0.4, 0.5) is 0 Å². The zero-order valence-corrected chi connectivity index (χ0v) is 13.7. The van der Waals surface area contributed by atoms with Gasteiger partial charge in [-0.1, -0.05) is 0 Å². The molecule has 0 radical (unpaired) electrons. The molecule has 0 spiro atoms. The number of aromatic nitrogens is 1. The van der Waals surface area contributed by atoms with Gasteiger partial charge in [0.25, 0.3) is 5.91 Å². The summed E-state index contributed by atoms with van der Waals surface area (Å²) in [5, 5.41) is 0. The van der Waals surface area contributed by atoms with Crippen molar-refractivity contribution in [2.24, 2.45) is 0 Å². The van der Waals surface area contributed by atoms with E-state index in [0.717, 1.165) is 31.6 Å². The molecule has 1 unspecified atom stereocenters. The highest BCUT2D eigenvalue weighted by molar-refractivity contribution is 9.10. The number of hydrogen-bond acceptors (Lipinski definition) is 4. The zero-order valence-electron chi connectivity index (χ0n) is 12.1. The number of furan rings is 1. The number of hydrogen-bond donors (Lipinski definition) is 0. The fraction of sp³-hybridized carbons (Fsp3) is 0.375. The predicted molar refractivity (Wildman–Crippen MR) is 84.8 cm³/mol. The van der Waals surface area contributed by atoms with E-state index in [1.54, 1.807) is 24.5 Å². The lowest BCUT2D eigenvalue weighted by atomic mass is 10.0. The van der Waals surface area contributed by atoms with Gasteiger partial charge < -0.3 is 14.1 Å². The Kier molecular flexibility index (Phi) is 4.77. The van der Waals surface area contributed by atoms with E-state index in [1.807, 2.05) is 17.0 Å². The van der Waals surface area contributed by atoms with Gasteiger partial charge in [0.15, 0.2) is 10.4 Å². The van der Waals surface area contributed by atoms with E-state index in [0.29, 0.717) is 17.0 Å². The van der Waals surface area contributed by atoms with Crippen LogP contribution in [-0.4, -0.2) is 35.0 Å². The van der Waals surface area contributed by atoms with Crippen molar-refractivity contribution in [3.8, 4) is 5.75 Å². The summed E-state index contributed by atoms with van der Waals surface area (Å²) in [6, 6.07) is 7.19. The SMILES string of the molecule is O=C(c1ccc(Br)o1)N1CCCCC1COc1cccnc1. The highest BCUT2D eigenvalue weighted by atomic mass is 79.9. The molecule has 2 aromatic rings.